The number of phenolic OH excluding ortho intramolecular Hbond substituents is 1. The van der Waals surface area contributed by atoms with Gasteiger partial charge in [-0.25, -0.2) is 0 Å². The van der Waals surface area contributed by atoms with Gasteiger partial charge in [-0.15, -0.1) is 0 Å². The highest BCUT2D eigenvalue weighted by Crippen LogP contribution is 2.35. The van der Waals surface area contributed by atoms with Crippen molar-refractivity contribution in [3.05, 3.63) is 28.8 Å². The van der Waals surface area contributed by atoms with Gasteiger partial charge >= 0.3 is 5.97 Å². The van der Waals surface area contributed by atoms with E-state index in [9.17, 15) is 9.90 Å². The quantitative estimate of drug-likeness (QED) is 0.747. The number of aliphatic carboxylic acids is 1. The molecule has 0 bridgehead atoms. The number of phenols is 1. The topological polar surface area (TPSA) is 83.5 Å². The molecule has 1 unspecified atom stereocenters. The Kier molecular flexibility index (Phi) is 4.12. The zero-order valence-corrected chi connectivity index (χ0v) is 10.4. The maximum atomic E-state index is 11.1. The summed E-state index contributed by atoms with van der Waals surface area (Å²) in [5, 5.41) is 19.3. The minimum absolute atomic E-state index is 0.0225. The summed E-state index contributed by atoms with van der Waals surface area (Å²) in [5.41, 5.74) is 7.42. The van der Waals surface area contributed by atoms with Gasteiger partial charge in [0.1, 0.15) is 5.75 Å². The van der Waals surface area contributed by atoms with Crippen molar-refractivity contribution in [2.45, 2.75) is 32.6 Å². The number of carboxylic acid groups (broad SMARTS) is 1. The molecule has 0 aliphatic rings. The van der Waals surface area contributed by atoms with Crippen molar-refractivity contribution in [2.75, 3.05) is 6.54 Å². The zero-order chi connectivity index (χ0) is 13.2. The molecule has 1 aromatic rings. The minimum atomic E-state index is -1.01. The first-order valence-corrected chi connectivity index (χ1v) is 5.65. The second kappa shape index (κ2) is 5.19. The molecular weight excluding hydrogens is 218 g/mol. The Morgan fingerprint density at radius 1 is 1.41 bits per heavy atom. The van der Waals surface area contributed by atoms with E-state index in [1.807, 2.05) is 26.0 Å². The molecule has 0 amide bonds. The van der Waals surface area contributed by atoms with E-state index >= 15 is 0 Å². The highest BCUT2D eigenvalue weighted by atomic mass is 16.4. The maximum Gasteiger partial charge on any atom is 0.312 e. The Hall–Kier alpha value is -1.55. The van der Waals surface area contributed by atoms with Gasteiger partial charge in [-0.2, -0.15) is 0 Å². The first-order valence-electron chi connectivity index (χ1n) is 5.65. The summed E-state index contributed by atoms with van der Waals surface area (Å²) in [7, 11) is 0. The van der Waals surface area contributed by atoms with Crippen LogP contribution in [-0.4, -0.2) is 22.7 Å². The highest BCUT2D eigenvalue weighted by molar-refractivity contribution is 5.78. The number of aromatic hydroxyl groups is 1. The maximum absolute atomic E-state index is 11.1. The average Bonchev–Trinajstić information content (AvgIpc) is 2.22. The fraction of sp³-hybridized carbons (Fsp3) is 0.462. The van der Waals surface area contributed by atoms with Gasteiger partial charge in [0.25, 0.3) is 0 Å². The standard InChI is InChI=1S/C13H19NO3/c1-7(2)9-5-4-8(3)11(12(9)15)10(6-14)13(16)17/h4-5,7,10,15H,6,14H2,1-3H3,(H,16,17). The van der Waals surface area contributed by atoms with Gasteiger partial charge in [0, 0.05) is 12.1 Å². The van der Waals surface area contributed by atoms with Gasteiger partial charge in [-0.05, 0) is 24.0 Å². The van der Waals surface area contributed by atoms with Crippen LogP contribution in [0.25, 0.3) is 0 Å². The Labute approximate surface area is 101 Å². The van der Waals surface area contributed by atoms with Crippen molar-refractivity contribution < 1.29 is 15.0 Å². The Balaban J connectivity index is 3.40. The lowest BCUT2D eigenvalue weighted by Gasteiger charge is -2.19. The van der Waals surface area contributed by atoms with Crippen molar-refractivity contribution in [3.63, 3.8) is 0 Å². The van der Waals surface area contributed by atoms with Gasteiger partial charge in [0.05, 0.1) is 5.92 Å². The second-order valence-corrected chi connectivity index (χ2v) is 4.52. The molecule has 0 aromatic heterocycles. The van der Waals surface area contributed by atoms with Crippen LogP contribution in [0.2, 0.25) is 0 Å². The molecule has 4 N–H and O–H groups in total. The lowest BCUT2D eigenvalue weighted by Crippen LogP contribution is -2.22. The summed E-state index contributed by atoms with van der Waals surface area (Å²) in [6.45, 7) is 5.66. The van der Waals surface area contributed by atoms with Gasteiger partial charge in [-0.1, -0.05) is 26.0 Å². The Morgan fingerprint density at radius 3 is 2.41 bits per heavy atom. The molecule has 17 heavy (non-hydrogen) atoms. The Bertz CT molecular complexity index is 427. The van der Waals surface area contributed by atoms with E-state index in [1.54, 1.807) is 6.92 Å². The summed E-state index contributed by atoms with van der Waals surface area (Å²) in [5.74, 6) is -1.65. The van der Waals surface area contributed by atoms with Crippen LogP contribution in [0.5, 0.6) is 5.75 Å². The van der Waals surface area contributed by atoms with Crippen LogP contribution >= 0.6 is 0 Å². The van der Waals surface area contributed by atoms with E-state index in [4.69, 9.17) is 10.8 Å². The molecule has 0 aliphatic carbocycles. The minimum Gasteiger partial charge on any atom is -0.507 e. The number of hydrogen-bond donors (Lipinski definition) is 3. The molecule has 0 heterocycles. The predicted octanol–water partition coefficient (Wildman–Crippen LogP) is 1.95. The van der Waals surface area contributed by atoms with Crippen LogP contribution in [0.4, 0.5) is 0 Å². The van der Waals surface area contributed by atoms with E-state index in [-0.39, 0.29) is 18.2 Å². The number of carbonyl (C=O) groups is 1. The fourth-order valence-corrected chi connectivity index (χ4v) is 1.97. The van der Waals surface area contributed by atoms with Gasteiger partial charge in [0.15, 0.2) is 0 Å². The lowest BCUT2D eigenvalue weighted by atomic mass is 9.89. The first-order chi connectivity index (χ1) is 7.90. The van der Waals surface area contributed by atoms with Crippen LogP contribution in [0.15, 0.2) is 12.1 Å². The van der Waals surface area contributed by atoms with Crippen molar-refractivity contribution in [3.8, 4) is 5.75 Å². The summed E-state index contributed by atoms with van der Waals surface area (Å²) >= 11 is 0. The van der Waals surface area contributed by atoms with Crippen LogP contribution < -0.4 is 5.73 Å². The van der Waals surface area contributed by atoms with Crippen LogP contribution in [0, 0.1) is 6.92 Å². The van der Waals surface area contributed by atoms with Crippen LogP contribution in [-0.2, 0) is 4.79 Å². The van der Waals surface area contributed by atoms with E-state index in [0.29, 0.717) is 5.56 Å². The third-order valence-electron chi connectivity index (χ3n) is 2.97. The third kappa shape index (κ3) is 2.58. The molecule has 4 nitrogen and oxygen atoms in total. The number of carboxylic acids is 1. The van der Waals surface area contributed by atoms with Crippen molar-refractivity contribution in [2.24, 2.45) is 5.73 Å². The molecule has 0 saturated heterocycles. The number of rotatable bonds is 4. The van der Waals surface area contributed by atoms with Crippen molar-refractivity contribution in [1.29, 1.82) is 0 Å². The highest BCUT2D eigenvalue weighted by Gasteiger charge is 2.25. The molecule has 0 aliphatic heterocycles. The summed E-state index contributed by atoms with van der Waals surface area (Å²) in [6, 6.07) is 3.66. The number of benzene rings is 1. The molecular formula is C13H19NO3. The number of aryl methyl sites for hydroxylation is 1. The molecule has 0 radical (unpaired) electrons. The third-order valence-corrected chi connectivity index (χ3v) is 2.97. The normalized spacial score (nSPS) is 12.8. The molecule has 0 fully saturated rings. The zero-order valence-electron chi connectivity index (χ0n) is 10.4. The summed E-state index contributed by atoms with van der Waals surface area (Å²) in [4.78, 5) is 11.1. The molecule has 0 saturated carbocycles. The molecule has 0 spiro atoms. The van der Waals surface area contributed by atoms with E-state index in [0.717, 1.165) is 11.1 Å². The van der Waals surface area contributed by atoms with Crippen LogP contribution in [0.3, 0.4) is 0 Å². The first kappa shape index (κ1) is 13.5. The number of hydrogen-bond acceptors (Lipinski definition) is 3. The van der Waals surface area contributed by atoms with E-state index in [2.05, 4.69) is 0 Å². The molecule has 1 aromatic carbocycles. The van der Waals surface area contributed by atoms with Gasteiger partial charge in [-0.3, -0.25) is 4.79 Å². The van der Waals surface area contributed by atoms with Gasteiger partial charge < -0.3 is 15.9 Å². The van der Waals surface area contributed by atoms with E-state index < -0.39 is 11.9 Å². The predicted molar refractivity (Wildman–Crippen MR) is 66.4 cm³/mol. The largest absolute Gasteiger partial charge is 0.507 e. The van der Waals surface area contributed by atoms with Gasteiger partial charge in [0.2, 0.25) is 0 Å². The average molecular weight is 237 g/mol. The number of nitrogens with two attached hydrogens (primary N) is 1. The Morgan fingerprint density at radius 2 is 2.00 bits per heavy atom. The van der Waals surface area contributed by atoms with E-state index in [1.165, 1.54) is 0 Å². The second-order valence-electron chi connectivity index (χ2n) is 4.52. The van der Waals surface area contributed by atoms with Crippen molar-refractivity contribution >= 4 is 5.97 Å². The summed E-state index contributed by atoms with van der Waals surface area (Å²) in [6.07, 6.45) is 0. The van der Waals surface area contributed by atoms with Crippen LogP contribution in [0.1, 0.15) is 42.4 Å². The molecule has 94 valence electrons. The summed E-state index contributed by atoms with van der Waals surface area (Å²) < 4.78 is 0. The smallest absolute Gasteiger partial charge is 0.312 e. The fourth-order valence-electron chi connectivity index (χ4n) is 1.97. The lowest BCUT2D eigenvalue weighted by molar-refractivity contribution is -0.138. The monoisotopic (exact) mass is 237 g/mol. The molecule has 1 rings (SSSR count). The van der Waals surface area contributed by atoms with Crippen molar-refractivity contribution in [1.82, 2.24) is 0 Å². The molecule has 4 heteroatoms. The molecule has 1 atom stereocenters. The SMILES string of the molecule is Cc1ccc(C(C)C)c(O)c1C(CN)C(=O)O.